The Labute approximate surface area is 364 Å². The van der Waals surface area contributed by atoms with E-state index in [9.17, 15) is 29.8 Å². The first kappa shape index (κ1) is 50.3. The summed E-state index contributed by atoms with van der Waals surface area (Å²) >= 11 is 0. The van der Waals surface area contributed by atoms with Crippen LogP contribution >= 0.6 is 0 Å². The number of nitrogens with zero attached hydrogens (tertiary/aromatic N) is 7. The van der Waals surface area contributed by atoms with Gasteiger partial charge in [0.15, 0.2) is 5.69 Å². The van der Waals surface area contributed by atoms with Crippen molar-refractivity contribution in [3.63, 3.8) is 0 Å². The van der Waals surface area contributed by atoms with Crippen molar-refractivity contribution in [3.8, 4) is 0 Å². The molecule has 62 heavy (non-hydrogen) atoms. The lowest BCUT2D eigenvalue weighted by Crippen LogP contribution is -2.32. The Morgan fingerprint density at radius 1 is 0.806 bits per heavy atom. The van der Waals surface area contributed by atoms with E-state index in [-0.39, 0.29) is 36.4 Å². The maximum Gasteiger partial charge on any atom is 0.330 e. The van der Waals surface area contributed by atoms with Gasteiger partial charge in [0.1, 0.15) is 36.8 Å². The summed E-state index contributed by atoms with van der Waals surface area (Å²) in [4.78, 5) is 47.2. The zero-order valence-electron chi connectivity index (χ0n) is 36.6. The summed E-state index contributed by atoms with van der Waals surface area (Å²) in [7, 11) is 0. The topological polar surface area (TPSA) is 210 Å². The highest BCUT2D eigenvalue weighted by Crippen LogP contribution is 2.35. The van der Waals surface area contributed by atoms with Crippen molar-refractivity contribution >= 4 is 40.4 Å². The number of aryl methyl sites for hydroxylation is 1. The van der Waals surface area contributed by atoms with E-state index in [1.807, 2.05) is 30.0 Å². The lowest BCUT2D eigenvalue weighted by atomic mass is 9.99. The quantitative estimate of drug-likeness (QED) is 0.0247. The van der Waals surface area contributed by atoms with Gasteiger partial charge in [0.2, 0.25) is 0 Å². The third-order valence-electron chi connectivity index (χ3n) is 10.3. The molecule has 0 N–H and O–H groups in total. The predicted octanol–water partition coefficient (Wildman–Crippen LogP) is 10.9. The normalized spacial score (nSPS) is 16.0. The van der Waals surface area contributed by atoms with Crippen molar-refractivity contribution in [3.05, 3.63) is 111 Å². The number of azo groups is 2. The Balaban J connectivity index is 2.06. The number of hydrogen-bond donors (Lipinski definition) is 0. The number of non-ortho nitro benzene ring substituents is 1. The molecule has 17 nitrogen and oxygen atoms in total. The number of nitro groups is 2. The van der Waals surface area contributed by atoms with Crippen LogP contribution in [0.5, 0.6) is 0 Å². The molecule has 3 rings (SSSR count). The summed E-state index contributed by atoms with van der Waals surface area (Å²) < 4.78 is 23.4. The van der Waals surface area contributed by atoms with Gasteiger partial charge in [-0.1, -0.05) is 79.4 Å². The van der Waals surface area contributed by atoms with E-state index in [0.29, 0.717) is 37.7 Å². The Morgan fingerprint density at radius 2 is 1.42 bits per heavy atom. The van der Waals surface area contributed by atoms with Crippen LogP contribution in [-0.2, 0) is 28.5 Å². The van der Waals surface area contributed by atoms with Gasteiger partial charge >= 0.3 is 17.6 Å². The predicted molar refractivity (Wildman–Crippen MR) is 237 cm³/mol. The number of carbonyl (C=O) groups is 2. The molecule has 4 atom stereocenters. The number of ether oxygens (including phenoxy) is 4. The third kappa shape index (κ3) is 16.4. The van der Waals surface area contributed by atoms with Crippen LogP contribution in [0.3, 0.4) is 0 Å². The van der Waals surface area contributed by atoms with Crippen LogP contribution in [0.1, 0.15) is 84.6 Å². The fourth-order valence-corrected chi connectivity index (χ4v) is 6.42. The summed E-state index contributed by atoms with van der Waals surface area (Å²) in [5.41, 5.74) is 1.27. The Morgan fingerprint density at radius 3 is 1.97 bits per heavy atom. The molecule has 0 aromatic heterocycles. The van der Waals surface area contributed by atoms with Gasteiger partial charge in [0.25, 0.3) is 5.69 Å². The molecule has 1 aliphatic rings. The number of carbonyl (C=O) groups excluding carboxylic acids is 2. The van der Waals surface area contributed by atoms with E-state index in [4.69, 9.17) is 24.1 Å². The lowest BCUT2D eigenvalue weighted by molar-refractivity contribution is -0.393. The molecule has 0 saturated carbocycles. The molecule has 0 spiro atoms. The highest BCUT2D eigenvalue weighted by molar-refractivity contribution is 5.81. The number of benzene rings is 2. The molecule has 4 unspecified atom stereocenters. The van der Waals surface area contributed by atoms with Crippen LogP contribution in [0.4, 0.5) is 28.4 Å². The van der Waals surface area contributed by atoms with Gasteiger partial charge in [-0.05, 0) is 73.6 Å². The first-order chi connectivity index (χ1) is 29.9. The molecular weight excluding hydrogens is 799 g/mol. The fourth-order valence-electron chi connectivity index (χ4n) is 6.42. The molecule has 2 aromatic rings. The van der Waals surface area contributed by atoms with Crippen LogP contribution in [0.15, 0.2) is 106 Å². The van der Waals surface area contributed by atoms with E-state index < -0.39 is 45.3 Å². The minimum absolute atomic E-state index is 0.0787. The first-order valence-electron chi connectivity index (χ1n) is 21.2. The maximum atomic E-state index is 11.9. The number of anilines is 1. The van der Waals surface area contributed by atoms with E-state index in [2.05, 4.69) is 56.2 Å². The zero-order chi connectivity index (χ0) is 45.4. The van der Waals surface area contributed by atoms with Gasteiger partial charge in [-0.25, -0.2) is 9.59 Å². The van der Waals surface area contributed by atoms with Gasteiger partial charge < -0.3 is 23.8 Å². The Bertz CT molecular complexity index is 1940. The van der Waals surface area contributed by atoms with Gasteiger partial charge in [-0.3, -0.25) is 20.2 Å². The van der Waals surface area contributed by atoms with Crippen molar-refractivity contribution in [1.82, 2.24) is 0 Å². The molecule has 0 saturated heterocycles. The summed E-state index contributed by atoms with van der Waals surface area (Å²) in [5, 5.41) is 41.4. The second-order valence-electron chi connectivity index (χ2n) is 14.8. The van der Waals surface area contributed by atoms with E-state index in [1.165, 1.54) is 6.07 Å². The maximum absolute atomic E-state index is 11.9. The Kier molecular flexibility index (Phi) is 21.9. The largest absolute Gasteiger partial charge is 0.491 e. The number of unbranched alkanes of at least 4 members (excludes halogenated alkanes) is 2. The Hall–Kier alpha value is -6.10. The molecular formula is C45H61N7O10. The van der Waals surface area contributed by atoms with Crippen molar-refractivity contribution in [1.29, 1.82) is 0 Å². The molecule has 1 aliphatic carbocycles. The van der Waals surface area contributed by atoms with Crippen LogP contribution in [0.2, 0.25) is 0 Å². The highest BCUT2D eigenvalue weighted by atomic mass is 16.6. The molecule has 0 radical (unpaired) electrons. The smallest absolute Gasteiger partial charge is 0.330 e. The van der Waals surface area contributed by atoms with Crippen molar-refractivity contribution < 1.29 is 38.4 Å². The molecule has 0 amide bonds. The van der Waals surface area contributed by atoms with Crippen LogP contribution in [0, 0.1) is 39.0 Å². The molecule has 336 valence electrons. The molecule has 0 fully saturated rings. The number of hydrogen-bond acceptors (Lipinski definition) is 15. The molecule has 17 heteroatoms. The van der Waals surface area contributed by atoms with Gasteiger partial charge in [0.05, 0.1) is 47.9 Å². The summed E-state index contributed by atoms with van der Waals surface area (Å²) in [6.45, 7) is 18.9. The first-order valence-corrected chi connectivity index (χ1v) is 21.2. The minimum Gasteiger partial charge on any atom is -0.491 e. The summed E-state index contributed by atoms with van der Waals surface area (Å²) in [5.74, 6) is -0.195. The van der Waals surface area contributed by atoms with Crippen molar-refractivity contribution in [2.45, 2.75) is 98.1 Å². The SMILES string of the molecule is C=CC(=O)OCCN(CCOC(=O)C=C)c1ccc(N=NC2C=C(OCC(CC)CCCC)C(N=Nc3ccc([N+](=O)[O-])cc3[N+](=O)[O-])=CC2OCC(CC)CCCC)c(C)c1. The van der Waals surface area contributed by atoms with E-state index >= 15 is 0 Å². The van der Waals surface area contributed by atoms with Crippen LogP contribution in [-0.4, -0.2) is 73.4 Å². The molecule has 2 aromatic carbocycles. The summed E-state index contributed by atoms with van der Waals surface area (Å²) in [6, 6.07) is 8.10. The van der Waals surface area contributed by atoms with Crippen LogP contribution < -0.4 is 4.90 Å². The summed E-state index contributed by atoms with van der Waals surface area (Å²) in [6.07, 6.45) is 13.0. The lowest BCUT2D eigenvalue weighted by Gasteiger charge is -2.27. The average Bonchev–Trinajstić information content (AvgIpc) is 3.27. The number of nitro benzene ring substituents is 2. The van der Waals surface area contributed by atoms with E-state index in [1.54, 1.807) is 12.2 Å². The fraction of sp³-hybridized carbons (Fsp3) is 0.511. The average molecular weight is 860 g/mol. The molecule has 0 aliphatic heterocycles. The highest BCUT2D eigenvalue weighted by Gasteiger charge is 2.29. The van der Waals surface area contributed by atoms with Gasteiger partial charge in [-0.2, -0.15) is 10.2 Å². The van der Waals surface area contributed by atoms with Crippen molar-refractivity contribution in [2.24, 2.45) is 32.3 Å². The zero-order valence-corrected chi connectivity index (χ0v) is 36.6. The molecule has 0 bridgehead atoms. The van der Waals surface area contributed by atoms with Gasteiger partial charge in [-0.15, -0.1) is 10.2 Å². The van der Waals surface area contributed by atoms with Gasteiger partial charge in [0, 0.05) is 23.9 Å². The second-order valence-corrected chi connectivity index (χ2v) is 14.8. The second kappa shape index (κ2) is 27.0. The number of esters is 2. The standard InChI is InChI=1S/C45H61N7O10/c1-8-14-16-33(10-3)30-61-42-29-40(49-47-38-21-19-36(51(55)56)27-41(38)52(57)58)43(62-31-34(11-4)17-15-9-2)28-39(42)48-46-37-20-18-35(26-32(37)7)50(22-24-59-44(53)12-5)23-25-60-45(54)13-6/h12-13,18-21,26-29,33-34,39,42H,5-6,8-11,14-17,22-25,30-31H2,1-4,7H3. The number of rotatable bonds is 29. The third-order valence-corrected chi connectivity index (χ3v) is 10.3. The van der Waals surface area contributed by atoms with Crippen molar-refractivity contribution in [2.75, 3.05) is 44.4 Å². The monoisotopic (exact) mass is 859 g/mol. The van der Waals surface area contributed by atoms with E-state index in [0.717, 1.165) is 86.9 Å². The minimum atomic E-state index is -0.735. The van der Waals surface area contributed by atoms with Crippen LogP contribution in [0.25, 0.3) is 0 Å². The molecule has 0 heterocycles.